The summed E-state index contributed by atoms with van der Waals surface area (Å²) in [7, 11) is 0. The summed E-state index contributed by atoms with van der Waals surface area (Å²) in [5.41, 5.74) is 0. The van der Waals surface area contributed by atoms with E-state index < -0.39 is 0 Å². The van der Waals surface area contributed by atoms with Crippen LogP contribution in [0.3, 0.4) is 0 Å². The summed E-state index contributed by atoms with van der Waals surface area (Å²) in [5.74, 6) is 0. The van der Waals surface area contributed by atoms with Gasteiger partial charge in [0.1, 0.15) is 0 Å². The molecule has 0 heterocycles. The standard InChI is InChI=1S/C4H8N2O2.2C4H6N2O2/c3*7-5-3-1-2-4-6-8/h3-4,7-8H,1-2H2;2*1-4,7-8H/b;2-1-,5-3?,6-4?;. The second kappa shape index (κ2) is 31.6. The largest absolute Gasteiger partial charge is 0.411 e. The van der Waals surface area contributed by atoms with Crippen molar-refractivity contribution in [3.05, 3.63) is 24.3 Å². The molecule has 0 spiro atoms. The van der Waals surface area contributed by atoms with Gasteiger partial charge in [0.25, 0.3) is 0 Å². The Labute approximate surface area is 137 Å². The van der Waals surface area contributed by atoms with Gasteiger partial charge in [-0.25, -0.2) is 0 Å². The van der Waals surface area contributed by atoms with E-state index in [9.17, 15) is 0 Å². The Morgan fingerprint density at radius 3 is 0.833 bits per heavy atom. The van der Waals surface area contributed by atoms with Crippen LogP contribution in [0.2, 0.25) is 0 Å². The van der Waals surface area contributed by atoms with Gasteiger partial charge in [-0.15, -0.1) is 10.3 Å². The third-order valence-electron chi connectivity index (χ3n) is 1.42. The summed E-state index contributed by atoms with van der Waals surface area (Å²) in [4.78, 5) is 0. The maximum absolute atomic E-state index is 7.83. The van der Waals surface area contributed by atoms with Gasteiger partial charge < -0.3 is 31.2 Å². The normalized spacial score (nSPS) is 12.2. The molecule has 0 saturated carbocycles. The van der Waals surface area contributed by atoms with Crippen LogP contribution < -0.4 is 0 Å². The van der Waals surface area contributed by atoms with Crippen molar-refractivity contribution < 1.29 is 31.2 Å². The first kappa shape index (κ1) is 25.3. The number of oxime groups is 6. The molecule has 12 nitrogen and oxygen atoms in total. The lowest BCUT2D eigenvalue weighted by molar-refractivity contribution is 0.318. The molecule has 24 heavy (non-hydrogen) atoms. The SMILES string of the molecule is ON=C/C=C\C=NO.ON=CC=CC=NO.ON=CCCC=NO. The van der Waals surface area contributed by atoms with Gasteiger partial charge in [-0.3, -0.25) is 0 Å². The first-order valence-electron chi connectivity index (χ1n) is 6.07. The summed E-state index contributed by atoms with van der Waals surface area (Å²) in [6, 6.07) is 0. The van der Waals surface area contributed by atoms with Crippen LogP contribution in [0.25, 0.3) is 0 Å². The number of hydrogen-bond acceptors (Lipinski definition) is 12. The Morgan fingerprint density at radius 2 is 0.667 bits per heavy atom. The fraction of sp³-hybridized carbons (Fsp3) is 0.167. The van der Waals surface area contributed by atoms with E-state index in [1.54, 1.807) is 0 Å². The molecule has 0 bridgehead atoms. The summed E-state index contributed by atoms with van der Waals surface area (Å²) >= 11 is 0. The second-order valence-corrected chi connectivity index (χ2v) is 3.00. The van der Waals surface area contributed by atoms with Gasteiger partial charge in [0.2, 0.25) is 0 Å². The fourth-order valence-electron chi connectivity index (χ4n) is 0.617. The van der Waals surface area contributed by atoms with Gasteiger partial charge in [0, 0.05) is 12.4 Å². The van der Waals surface area contributed by atoms with E-state index in [4.69, 9.17) is 31.2 Å². The van der Waals surface area contributed by atoms with Crippen molar-refractivity contribution in [2.24, 2.45) is 30.9 Å². The highest BCUT2D eigenvalue weighted by Gasteiger charge is 1.74. The highest BCUT2D eigenvalue weighted by Crippen LogP contribution is 1.77. The van der Waals surface area contributed by atoms with Gasteiger partial charge in [0.15, 0.2) is 0 Å². The van der Waals surface area contributed by atoms with Crippen LogP contribution in [0.4, 0.5) is 0 Å². The topological polar surface area (TPSA) is 196 Å². The first-order chi connectivity index (χ1) is 11.7. The number of unbranched alkanes of at least 4 members (excludes halogenated alkanes) is 1. The fourth-order valence-corrected chi connectivity index (χ4v) is 0.617. The average Bonchev–Trinajstić information content (AvgIpc) is 2.61. The minimum absolute atomic E-state index is 0.598. The molecule has 0 radical (unpaired) electrons. The Balaban J connectivity index is -0.000000276. The lowest BCUT2D eigenvalue weighted by atomic mass is 10.4. The lowest BCUT2D eigenvalue weighted by Gasteiger charge is -1.78. The summed E-state index contributed by atoms with van der Waals surface area (Å²) < 4.78 is 0. The Hall–Kier alpha value is -3.70. The molecule has 0 aromatic rings. The number of hydrogen-bond donors (Lipinski definition) is 6. The zero-order valence-corrected chi connectivity index (χ0v) is 12.6. The van der Waals surface area contributed by atoms with Crippen molar-refractivity contribution in [2.45, 2.75) is 12.8 Å². The third kappa shape index (κ3) is 42.9. The molecule has 0 rings (SSSR count). The van der Waals surface area contributed by atoms with Crippen LogP contribution in [0.15, 0.2) is 55.2 Å². The molecular formula is C12H20N6O6. The van der Waals surface area contributed by atoms with Crippen molar-refractivity contribution in [1.29, 1.82) is 0 Å². The molecule has 0 aromatic carbocycles. The quantitative estimate of drug-likeness (QED) is 0.175. The van der Waals surface area contributed by atoms with Gasteiger partial charge in [-0.2, -0.15) is 0 Å². The first-order valence-corrected chi connectivity index (χ1v) is 6.07. The average molecular weight is 344 g/mol. The van der Waals surface area contributed by atoms with Gasteiger partial charge >= 0.3 is 0 Å². The highest BCUT2D eigenvalue weighted by molar-refractivity contribution is 5.81. The van der Waals surface area contributed by atoms with E-state index >= 15 is 0 Å². The van der Waals surface area contributed by atoms with E-state index in [1.165, 1.54) is 36.7 Å². The van der Waals surface area contributed by atoms with Crippen molar-refractivity contribution in [3.8, 4) is 0 Å². The zero-order valence-electron chi connectivity index (χ0n) is 12.6. The Kier molecular flexibility index (Phi) is 33.3. The van der Waals surface area contributed by atoms with Crippen LogP contribution in [0, 0.1) is 0 Å². The van der Waals surface area contributed by atoms with Crippen LogP contribution in [-0.4, -0.2) is 68.5 Å². The molecule has 0 fully saturated rings. The van der Waals surface area contributed by atoms with Gasteiger partial charge in [-0.1, -0.05) is 20.6 Å². The molecule has 0 aliphatic heterocycles. The van der Waals surface area contributed by atoms with E-state index in [-0.39, 0.29) is 0 Å². The lowest BCUT2D eigenvalue weighted by Crippen LogP contribution is -1.77. The molecule has 6 N–H and O–H groups in total. The maximum atomic E-state index is 7.83. The Bertz CT molecular complexity index is 387. The predicted molar refractivity (Wildman–Crippen MR) is 89.2 cm³/mol. The molecule has 0 atom stereocenters. The smallest absolute Gasteiger partial charge is 0.0662 e. The number of nitrogens with zero attached hydrogens (tertiary/aromatic N) is 6. The monoisotopic (exact) mass is 344 g/mol. The van der Waals surface area contributed by atoms with Crippen molar-refractivity contribution in [3.63, 3.8) is 0 Å². The second-order valence-electron chi connectivity index (χ2n) is 3.00. The number of allylic oxidation sites excluding steroid dienone is 4. The maximum Gasteiger partial charge on any atom is 0.0662 e. The molecule has 0 aliphatic rings. The van der Waals surface area contributed by atoms with Crippen LogP contribution in [-0.2, 0) is 0 Å². The zero-order chi connectivity index (χ0) is 18.7. The molecule has 0 saturated heterocycles. The molecule has 0 aromatic heterocycles. The molecule has 0 unspecified atom stereocenters. The van der Waals surface area contributed by atoms with Gasteiger partial charge in [-0.05, 0) is 37.1 Å². The minimum Gasteiger partial charge on any atom is -0.411 e. The van der Waals surface area contributed by atoms with E-state index in [2.05, 4.69) is 30.9 Å². The van der Waals surface area contributed by atoms with Crippen molar-refractivity contribution in [2.75, 3.05) is 0 Å². The third-order valence-corrected chi connectivity index (χ3v) is 1.42. The van der Waals surface area contributed by atoms with Gasteiger partial charge in [0.05, 0.1) is 24.9 Å². The molecule has 0 amide bonds. The summed E-state index contributed by atoms with van der Waals surface area (Å²) in [5, 5.41) is 62.9. The molecular weight excluding hydrogens is 324 g/mol. The van der Waals surface area contributed by atoms with Crippen LogP contribution in [0.1, 0.15) is 12.8 Å². The summed E-state index contributed by atoms with van der Waals surface area (Å²) in [6.07, 6.45) is 14.1. The minimum atomic E-state index is 0.598. The molecule has 12 heteroatoms. The molecule has 134 valence electrons. The predicted octanol–water partition coefficient (Wildman–Crippen LogP) is 1.61. The highest BCUT2D eigenvalue weighted by atomic mass is 16.4. The Morgan fingerprint density at radius 1 is 0.417 bits per heavy atom. The van der Waals surface area contributed by atoms with Crippen molar-refractivity contribution in [1.82, 2.24) is 0 Å². The van der Waals surface area contributed by atoms with Crippen LogP contribution >= 0.6 is 0 Å². The molecule has 0 aliphatic carbocycles. The van der Waals surface area contributed by atoms with E-state index in [0.717, 1.165) is 24.9 Å². The van der Waals surface area contributed by atoms with Crippen molar-refractivity contribution >= 4 is 37.3 Å². The van der Waals surface area contributed by atoms with E-state index in [0.29, 0.717) is 12.8 Å². The van der Waals surface area contributed by atoms with E-state index in [1.807, 2.05) is 0 Å². The number of rotatable bonds is 7. The summed E-state index contributed by atoms with van der Waals surface area (Å²) in [6.45, 7) is 0. The van der Waals surface area contributed by atoms with Crippen LogP contribution in [0.5, 0.6) is 0 Å².